The van der Waals surface area contributed by atoms with E-state index in [2.05, 4.69) is 0 Å². The van der Waals surface area contributed by atoms with Crippen LogP contribution in [-0.2, 0) is 14.8 Å². The quantitative estimate of drug-likeness (QED) is 0.567. The summed E-state index contributed by atoms with van der Waals surface area (Å²) >= 11 is 0. The monoisotopic (exact) mass is 455 g/mol. The summed E-state index contributed by atoms with van der Waals surface area (Å²) in [6, 6.07) is 21.2. The van der Waals surface area contributed by atoms with E-state index in [1.54, 1.807) is 48.5 Å². The first-order chi connectivity index (χ1) is 15.3. The summed E-state index contributed by atoms with van der Waals surface area (Å²) in [6.45, 7) is -0.153. The molecule has 0 saturated carbocycles. The largest absolute Gasteiger partial charge is 0.493 e. The molecule has 2 N–H and O–H groups in total. The van der Waals surface area contributed by atoms with Crippen LogP contribution in [0.15, 0.2) is 77.7 Å². The van der Waals surface area contributed by atoms with Crippen molar-refractivity contribution >= 4 is 26.8 Å². The van der Waals surface area contributed by atoms with Crippen LogP contribution in [0.5, 0.6) is 5.75 Å². The number of aliphatic hydroxyl groups is 1. The van der Waals surface area contributed by atoms with Gasteiger partial charge < -0.3 is 14.9 Å². The van der Waals surface area contributed by atoms with Crippen molar-refractivity contribution in [3.05, 3.63) is 72.8 Å². The summed E-state index contributed by atoms with van der Waals surface area (Å²) in [4.78, 5) is 12.1. The molecule has 0 amide bonds. The van der Waals surface area contributed by atoms with Gasteiger partial charge in [-0.05, 0) is 36.4 Å². The Bertz CT molecular complexity index is 1200. The van der Waals surface area contributed by atoms with E-state index < -0.39 is 27.5 Å². The highest BCUT2D eigenvalue weighted by Gasteiger charge is 2.46. The summed E-state index contributed by atoms with van der Waals surface area (Å²) in [5, 5.41) is 22.3. The van der Waals surface area contributed by atoms with Crippen LogP contribution in [0.2, 0.25) is 0 Å². The van der Waals surface area contributed by atoms with E-state index in [4.69, 9.17) is 4.74 Å². The van der Waals surface area contributed by atoms with Gasteiger partial charge in [-0.2, -0.15) is 4.31 Å². The van der Waals surface area contributed by atoms with Crippen molar-refractivity contribution in [3.8, 4) is 5.75 Å². The first-order valence-electron chi connectivity index (χ1n) is 10.4. The molecule has 1 aliphatic rings. The molecule has 3 aromatic carbocycles. The third-order valence-electron chi connectivity index (χ3n) is 6.06. The van der Waals surface area contributed by atoms with E-state index in [-0.39, 0.29) is 37.4 Å². The number of sulfonamides is 1. The van der Waals surface area contributed by atoms with Crippen LogP contribution in [0.3, 0.4) is 0 Å². The number of para-hydroxylation sites is 1. The van der Waals surface area contributed by atoms with Crippen molar-refractivity contribution < 1.29 is 28.2 Å². The summed E-state index contributed by atoms with van der Waals surface area (Å²) < 4.78 is 33.6. The number of ether oxygens (including phenoxy) is 1. The van der Waals surface area contributed by atoms with Gasteiger partial charge in [0.2, 0.25) is 10.0 Å². The molecular weight excluding hydrogens is 430 g/mol. The minimum absolute atomic E-state index is 0.00606. The summed E-state index contributed by atoms with van der Waals surface area (Å²) in [6.07, 6.45) is 0.0121. The molecule has 168 valence electrons. The average molecular weight is 456 g/mol. The zero-order chi connectivity index (χ0) is 22.8. The number of carbonyl (C=O) groups is 1. The lowest BCUT2D eigenvalue weighted by atomic mass is 9.80. The van der Waals surface area contributed by atoms with Gasteiger partial charge in [0.05, 0.1) is 10.5 Å². The van der Waals surface area contributed by atoms with Gasteiger partial charge in [0.25, 0.3) is 0 Å². The molecule has 0 radical (unpaired) electrons. The van der Waals surface area contributed by atoms with Crippen LogP contribution in [0.1, 0.15) is 12.8 Å². The summed E-state index contributed by atoms with van der Waals surface area (Å²) in [5.74, 6) is -1.84. The van der Waals surface area contributed by atoms with Gasteiger partial charge in [-0.3, -0.25) is 4.79 Å². The molecule has 1 fully saturated rings. The van der Waals surface area contributed by atoms with Gasteiger partial charge >= 0.3 is 5.97 Å². The lowest BCUT2D eigenvalue weighted by Crippen LogP contribution is -2.53. The number of hydrogen-bond acceptors (Lipinski definition) is 5. The molecule has 1 atom stereocenters. The standard InChI is InChI=1S/C24H25NO6S/c26-23(27)21(17-31-19-9-2-1-3-10-19)24(28)13-15-25(16-14-24)32(29,30)22-12-6-8-18-7-4-5-11-20(18)22/h1-12,21,28H,13-17H2,(H,26,27). The predicted octanol–water partition coefficient (Wildman–Crippen LogP) is 3.14. The molecule has 0 bridgehead atoms. The number of hydrogen-bond donors (Lipinski definition) is 2. The third-order valence-corrected chi connectivity index (χ3v) is 8.02. The minimum Gasteiger partial charge on any atom is -0.493 e. The number of fused-ring (bicyclic) bond motifs is 1. The van der Waals surface area contributed by atoms with E-state index in [0.29, 0.717) is 11.1 Å². The normalized spacial score (nSPS) is 17.7. The van der Waals surface area contributed by atoms with Gasteiger partial charge in [0.1, 0.15) is 18.3 Å². The number of benzene rings is 3. The van der Waals surface area contributed by atoms with Gasteiger partial charge in [0.15, 0.2) is 0 Å². The number of nitrogens with zero attached hydrogens (tertiary/aromatic N) is 1. The first kappa shape index (κ1) is 22.3. The van der Waals surface area contributed by atoms with Crippen LogP contribution in [-0.4, -0.2) is 54.2 Å². The Morgan fingerprint density at radius 1 is 0.969 bits per heavy atom. The van der Waals surface area contributed by atoms with E-state index in [1.165, 1.54) is 4.31 Å². The Morgan fingerprint density at radius 2 is 1.59 bits per heavy atom. The maximum absolute atomic E-state index is 13.3. The van der Waals surface area contributed by atoms with Crippen molar-refractivity contribution in [2.45, 2.75) is 23.3 Å². The first-order valence-corrected chi connectivity index (χ1v) is 11.9. The second-order valence-electron chi connectivity index (χ2n) is 8.00. The van der Waals surface area contributed by atoms with E-state index >= 15 is 0 Å². The maximum atomic E-state index is 13.3. The van der Waals surface area contributed by atoms with E-state index in [1.807, 2.05) is 24.3 Å². The molecule has 1 heterocycles. The van der Waals surface area contributed by atoms with Crippen LogP contribution >= 0.6 is 0 Å². The third kappa shape index (κ3) is 4.34. The second-order valence-corrected chi connectivity index (χ2v) is 9.91. The molecule has 32 heavy (non-hydrogen) atoms. The molecule has 8 heteroatoms. The number of aliphatic carboxylic acids is 1. The van der Waals surface area contributed by atoms with Crippen molar-refractivity contribution in [1.82, 2.24) is 4.31 Å². The number of rotatable bonds is 7. The molecule has 1 saturated heterocycles. The molecule has 0 aromatic heterocycles. The second kappa shape index (κ2) is 8.90. The van der Waals surface area contributed by atoms with Crippen molar-refractivity contribution in [3.63, 3.8) is 0 Å². The van der Waals surface area contributed by atoms with Crippen LogP contribution in [0.25, 0.3) is 10.8 Å². The summed E-state index contributed by atoms with van der Waals surface area (Å²) in [5.41, 5.74) is -1.56. The zero-order valence-corrected chi connectivity index (χ0v) is 18.2. The van der Waals surface area contributed by atoms with Crippen LogP contribution in [0.4, 0.5) is 0 Å². The average Bonchev–Trinajstić information content (AvgIpc) is 2.79. The minimum atomic E-state index is -3.80. The Labute approximate surface area is 186 Å². The van der Waals surface area contributed by atoms with Crippen molar-refractivity contribution in [1.29, 1.82) is 0 Å². The lowest BCUT2D eigenvalue weighted by Gasteiger charge is -2.40. The topological polar surface area (TPSA) is 104 Å². The molecule has 7 nitrogen and oxygen atoms in total. The van der Waals surface area contributed by atoms with Gasteiger partial charge in [-0.25, -0.2) is 8.42 Å². The fourth-order valence-electron chi connectivity index (χ4n) is 4.17. The van der Waals surface area contributed by atoms with Gasteiger partial charge in [0, 0.05) is 18.5 Å². The molecule has 0 aliphatic carbocycles. The SMILES string of the molecule is O=C(O)C(COc1ccccc1)C1(O)CCN(S(=O)(=O)c2cccc3ccccc23)CC1. The number of carboxylic acid groups (broad SMARTS) is 1. The highest BCUT2D eigenvalue weighted by Crippen LogP contribution is 2.34. The fraction of sp³-hybridized carbons (Fsp3) is 0.292. The Kier molecular flexibility index (Phi) is 6.19. The van der Waals surface area contributed by atoms with Crippen LogP contribution < -0.4 is 4.74 Å². The van der Waals surface area contributed by atoms with Crippen molar-refractivity contribution in [2.24, 2.45) is 5.92 Å². The van der Waals surface area contributed by atoms with Crippen LogP contribution in [0, 0.1) is 5.92 Å². The molecule has 1 aliphatic heterocycles. The lowest BCUT2D eigenvalue weighted by molar-refractivity contribution is -0.157. The highest BCUT2D eigenvalue weighted by molar-refractivity contribution is 7.89. The highest BCUT2D eigenvalue weighted by atomic mass is 32.2. The molecular formula is C24H25NO6S. The molecule has 4 rings (SSSR count). The van der Waals surface area contributed by atoms with E-state index in [0.717, 1.165) is 5.39 Å². The number of carboxylic acids is 1. The van der Waals surface area contributed by atoms with Gasteiger partial charge in [-0.15, -0.1) is 0 Å². The maximum Gasteiger partial charge on any atom is 0.312 e. The Morgan fingerprint density at radius 3 is 2.28 bits per heavy atom. The number of piperidine rings is 1. The Hall–Kier alpha value is -2.94. The zero-order valence-electron chi connectivity index (χ0n) is 17.4. The molecule has 1 unspecified atom stereocenters. The van der Waals surface area contributed by atoms with Crippen molar-refractivity contribution in [2.75, 3.05) is 19.7 Å². The molecule has 3 aromatic rings. The summed E-state index contributed by atoms with van der Waals surface area (Å²) in [7, 11) is -3.80. The van der Waals surface area contributed by atoms with Gasteiger partial charge in [-0.1, -0.05) is 54.6 Å². The smallest absolute Gasteiger partial charge is 0.312 e. The van der Waals surface area contributed by atoms with E-state index in [9.17, 15) is 23.4 Å². The molecule has 0 spiro atoms. The Balaban J connectivity index is 1.50. The predicted molar refractivity (Wildman–Crippen MR) is 120 cm³/mol. The fourth-order valence-corrected chi connectivity index (χ4v) is 5.83.